The summed E-state index contributed by atoms with van der Waals surface area (Å²) in [7, 11) is 0. The molecule has 0 saturated carbocycles. The summed E-state index contributed by atoms with van der Waals surface area (Å²) in [6.45, 7) is 6.44. The molecule has 1 aromatic rings. The first kappa shape index (κ1) is 12.7. The molecule has 0 saturated heterocycles. The van der Waals surface area contributed by atoms with E-state index in [1.165, 1.54) is 0 Å². The number of nitrogens with one attached hydrogen (secondary N) is 2. The van der Waals surface area contributed by atoms with E-state index in [0.29, 0.717) is 12.1 Å². The van der Waals surface area contributed by atoms with E-state index in [1.54, 1.807) is 6.20 Å². The average Bonchev–Trinajstić information content (AvgIpc) is 2.65. The van der Waals surface area contributed by atoms with Crippen molar-refractivity contribution in [2.75, 3.05) is 6.54 Å². The maximum Gasteiger partial charge on any atom is 0.255 e. The van der Waals surface area contributed by atoms with Gasteiger partial charge in [0.05, 0.1) is 11.8 Å². The number of aryl methyl sites for hydroxylation is 1. The Morgan fingerprint density at radius 2 is 2.38 bits per heavy atom. The van der Waals surface area contributed by atoms with Crippen molar-refractivity contribution < 1.29 is 4.79 Å². The monoisotopic (exact) mass is 224 g/mol. The number of aromatic nitrogens is 2. The molecule has 90 valence electrons. The van der Waals surface area contributed by atoms with Gasteiger partial charge >= 0.3 is 0 Å². The van der Waals surface area contributed by atoms with E-state index in [4.69, 9.17) is 5.73 Å². The van der Waals surface area contributed by atoms with E-state index in [1.807, 2.05) is 20.8 Å². The average molecular weight is 224 g/mol. The molecule has 1 amide bonds. The molecule has 5 nitrogen and oxygen atoms in total. The molecule has 0 aliphatic heterocycles. The van der Waals surface area contributed by atoms with Crippen molar-refractivity contribution in [2.45, 2.75) is 39.2 Å². The van der Waals surface area contributed by atoms with Crippen LogP contribution in [-0.4, -0.2) is 28.2 Å². The van der Waals surface area contributed by atoms with Crippen LogP contribution in [-0.2, 0) is 0 Å². The smallest absolute Gasteiger partial charge is 0.255 e. The number of aromatic amines is 1. The van der Waals surface area contributed by atoms with Crippen LogP contribution in [0, 0.1) is 6.92 Å². The lowest BCUT2D eigenvalue weighted by atomic mass is 9.94. The molecule has 5 heteroatoms. The Bertz CT molecular complexity index is 361. The molecule has 1 aromatic heterocycles. The van der Waals surface area contributed by atoms with Gasteiger partial charge in [-0.15, -0.1) is 0 Å². The van der Waals surface area contributed by atoms with Gasteiger partial charge in [0, 0.05) is 11.2 Å². The highest BCUT2D eigenvalue weighted by atomic mass is 16.1. The van der Waals surface area contributed by atoms with E-state index in [-0.39, 0.29) is 11.4 Å². The van der Waals surface area contributed by atoms with Gasteiger partial charge in [0.1, 0.15) is 0 Å². The van der Waals surface area contributed by atoms with Crippen LogP contribution in [0.25, 0.3) is 0 Å². The molecule has 0 aromatic carbocycles. The number of hydrogen-bond donors (Lipinski definition) is 3. The molecule has 0 aliphatic rings. The number of rotatable bonds is 5. The Morgan fingerprint density at radius 1 is 1.69 bits per heavy atom. The SMILES string of the molecule is CCC(C)(CCN)NC(=O)c1cn[nH]c1C. The highest BCUT2D eigenvalue weighted by molar-refractivity contribution is 5.95. The van der Waals surface area contributed by atoms with Gasteiger partial charge in [0.25, 0.3) is 5.91 Å². The minimum atomic E-state index is -0.241. The Morgan fingerprint density at radius 3 is 2.81 bits per heavy atom. The van der Waals surface area contributed by atoms with E-state index in [0.717, 1.165) is 18.5 Å². The second-order valence-corrected chi connectivity index (χ2v) is 4.32. The number of hydrogen-bond acceptors (Lipinski definition) is 3. The highest BCUT2D eigenvalue weighted by Gasteiger charge is 2.24. The zero-order valence-corrected chi connectivity index (χ0v) is 10.1. The van der Waals surface area contributed by atoms with E-state index in [9.17, 15) is 4.79 Å². The molecule has 0 radical (unpaired) electrons. The Kier molecular flexibility index (Phi) is 4.06. The summed E-state index contributed by atoms with van der Waals surface area (Å²) in [6, 6.07) is 0. The second kappa shape index (κ2) is 5.12. The Labute approximate surface area is 95.8 Å². The van der Waals surface area contributed by atoms with Crippen LogP contribution in [0.4, 0.5) is 0 Å². The molecule has 0 fully saturated rings. The largest absolute Gasteiger partial charge is 0.347 e. The summed E-state index contributed by atoms with van der Waals surface area (Å²) in [5, 5.41) is 9.59. The predicted molar refractivity (Wildman–Crippen MR) is 63.2 cm³/mol. The fourth-order valence-corrected chi connectivity index (χ4v) is 1.57. The van der Waals surface area contributed by atoms with Crippen LogP contribution in [0.2, 0.25) is 0 Å². The lowest BCUT2D eigenvalue weighted by Gasteiger charge is -2.29. The van der Waals surface area contributed by atoms with Crippen LogP contribution in [0.5, 0.6) is 0 Å². The third-order valence-electron chi connectivity index (χ3n) is 2.97. The topological polar surface area (TPSA) is 83.8 Å². The Hall–Kier alpha value is -1.36. The van der Waals surface area contributed by atoms with Gasteiger partial charge in [-0.1, -0.05) is 6.92 Å². The van der Waals surface area contributed by atoms with Gasteiger partial charge in [0.15, 0.2) is 0 Å². The van der Waals surface area contributed by atoms with Gasteiger partial charge in [-0.05, 0) is 33.2 Å². The third kappa shape index (κ3) is 2.82. The standard InChI is InChI=1S/C11H20N4O/c1-4-11(3,5-6-12)14-10(16)9-7-13-15-8(9)2/h7H,4-6,12H2,1-3H3,(H,13,15)(H,14,16). The van der Waals surface area contributed by atoms with Crippen molar-refractivity contribution in [3.8, 4) is 0 Å². The zero-order chi connectivity index (χ0) is 12.2. The van der Waals surface area contributed by atoms with Crippen LogP contribution >= 0.6 is 0 Å². The van der Waals surface area contributed by atoms with E-state index < -0.39 is 0 Å². The molecular weight excluding hydrogens is 204 g/mol. The number of carbonyl (C=O) groups excluding carboxylic acids is 1. The lowest BCUT2D eigenvalue weighted by Crippen LogP contribution is -2.46. The summed E-state index contributed by atoms with van der Waals surface area (Å²) in [6.07, 6.45) is 3.17. The molecule has 1 rings (SSSR count). The van der Waals surface area contributed by atoms with Crippen LogP contribution in [0.1, 0.15) is 42.7 Å². The first-order valence-electron chi connectivity index (χ1n) is 5.55. The molecular formula is C11H20N4O. The summed E-state index contributed by atoms with van der Waals surface area (Å²) in [5.74, 6) is -0.0935. The van der Waals surface area contributed by atoms with Gasteiger partial charge in [-0.3, -0.25) is 9.89 Å². The Balaban J connectivity index is 2.73. The molecule has 4 N–H and O–H groups in total. The van der Waals surface area contributed by atoms with E-state index in [2.05, 4.69) is 15.5 Å². The molecule has 0 aliphatic carbocycles. The zero-order valence-electron chi connectivity index (χ0n) is 10.1. The van der Waals surface area contributed by atoms with Gasteiger partial charge < -0.3 is 11.1 Å². The number of carbonyl (C=O) groups is 1. The van der Waals surface area contributed by atoms with E-state index >= 15 is 0 Å². The molecule has 1 atom stereocenters. The van der Waals surface area contributed by atoms with Crippen molar-refractivity contribution in [1.82, 2.24) is 15.5 Å². The van der Waals surface area contributed by atoms with Crippen molar-refractivity contribution in [3.63, 3.8) is 0 Å². The second-order valence-electron chi connectivity index (χ2n) is 4.32. The minimum Gasteiger partial charge on any atom is -0.347 e. The number of H-pyrrole nitrogens is 1. The van der Waals surface area contributed by atoms with Crippen molar-refractivity contribution in [2.24, 2.45) is 5.73 Å². The molecule has 0 spiro atoms. The summed E-state index contributed by atoms with van der Waals surface area (Å²) < 4.78 is 0. The summed E-state index contributed by atoms with van der Waals surface area (Å²) >= 11 is 0. The highest BCUT2D eigenvalue weighted by Crippen LogP contribution is 2.15. The number of nitrogens with zero attached hydrogens (tertiary/aromatic N) is 1. The quantitative estimate of drug-likeness (QED) is 0.696. The minimum absolute atomic E-state index is 0.0935. The summed E-state index contributed by atoms with van der Waals surface area (Å²) in [4.78, 5) is 12.0. The lowest BCUT2D eigenvalue weighted by molar-refractivity contribution is 0.0899. The molecule has 1 unspecified atom stereocenters. The van der Waals surface area contributed by atoms with Crippen LogP contribution in [0.3, 0.4) is 0 Å². The number of nitrogens with two attached hydrogens (primary N) is 1. The first-order chi connectivity index (χ1) is 7.52. The maximum absolute atomic E-state index is 12.0. The molecule has 16 heavy (non-hydrogen) atoms. The third-order valence-corrected chi connectivity index (χ3v) is 2.97. The van der Waals surface area contributed by atoms with Crippen molar-refractivity contribution >= 4 is 5.91 Å². The van der Waals surface area contributed by atoms with Gasteiger partial charge in [0.2, 0.25) is 0 Å². The van der Waals surface area contributed by atoms with Crippen LogP contribution in [0.15, 0.2) is 6.20 Å². The maximum atomic E-state index is 12.0. The van der Waals surface area contributed by atoms with Gasteiger partial charge in [-0.25, -0.2) is 0 Å². The number of amides is 1. The molecule has 0 bridgehead atoms. The van der Waals surface area contributed by atoms with Crippen molar-refractivity contribution in [1.29, 1.82) is 0 Å². The summed E-state index contributed by atoms with van der Waals surface area (Å²) in [5.41, 5.74) is 6.68. The fraction of sp³-hybridized carbons (Fsp3) is 0.636. The predicted octanol–water partition coefficient (Wildman–Crippen LogP) is 0.965. The van der Waals surface area contributed by atoms with Crippen molar-refractivity contribution in [3.05, 3.63) is 17.5 Å². The fourth-order valence-electron chi connectivity index (χ4n) is 1.57. The van der Waals surface area contributed by atoms with Gasteiger partial charge in [-0.2, -0.15) is 5.10 Å². The first-order valence-corrected chi connectivity index (χ1v) is 5.55. The van der Waals surface area contributed by atoms with Crippen LogP contribution < -0.4 is 11.1 Å². The molecule has 1 heterocycles. The normalized spacial score (nSPS) is 14.5.